The van der Waals surface area contributed by atoms with E-state index in [1.165, 1.54) is 6.92 Å². The van der Waals surface area contributed by atoms with E-state index in [-0.39, 0.29) is 12.9 Å². The van der Waals surface area contributed by atoms with E-state index < -0.39 is 52.8 Å². The third kappa shape index (κ3) is 6.16. The Morgan fingerprint density at radius 2 is 1.96 bits per heavy atom. The molecular weight excluding hydrogens is 403 g/mol. The van der Waals surface area contributed by atoms with Crippen LogP contribution in [0.15, 0.2) is 5.51 Å². The molecule has 0 fully saturated rings. The molecule has 0 radical (unpaired) electrons. The SMILES string of the molecule is CCC(C(=O)OC(C)(C)C)C(=O)N(N)C(COC=O)c1scnc1C(F)(F)F. The molecule has 158 valence electrons. The maximum absolute atomic E-state index is 13.2. The predicted octanol–water partition coefficient (Wildman–Crippen LogP) is 2.45. The minimum absolute atomic E-state index is 0.0114. The van der Waals surface area contributed by atoms with Gasteiger partial charge in [-0.25, -0.2) is 10.8 Å². The van der Waals surface area contributed by atoms with Crippen molar-refractivity contribution in [2.24, 2.45) is 11.8 Å². The Morgan fingerprint density at radius 1 is 1.36 bits per heavy atom. The van der Waals surface area contributed by atoms with Crippen molar-refractivity contribution in [3.8, 4) is 0 Å². The molecule has 1 rings (SSSR count). The molecule has 28 heavy (non-hydrogen) atoms. The fourth-order valence-electron chi connectivity index (χ4n) is 2.27. The molecule has 0 aromatic carbocycles. The summed E-state index contributed by atoms with van der Waals surface area (Å²) < 4.78 is 49.3. The number of carbonyl (C=O) groups is 3. The number of esters is 1. The van der Waals surface area contributed by atoms with Crippen LogP contribution in [0.4, 0.5) is 13.2 Å². The molecule has 0 aliphatic heterocycles. The number of hydrogen-bond acceptors (Lipinski definition) is 8. The van der Waals surface area contributed by atoms with Crippen LogP contribution in [0, 0.1) is 5.92 Å². The van der Waals surface area contributed by atoms with E-state index in [2.05, 4.69) is 9.72 Å². The van der Waals surface area contributed by atoms with Gasteiger partial charge in [-0.3, -0.25) is 19.4 Å². The van der Waals surface area contributed by atoms with Gasteiger partial charge in [0.25, 0.3) is 12.4 Å². The van der Waals surface area contributed by atoms with E-state index >= 15 is 0 Å². The Labute approximate surface area is 163 Å². The van der Waals surface area contributed by atoms with Crippen LogP contribution < -0.4 is 5.84 Å². The Morgan fingerprint density at radius 3 is 2.43 bits per heavy atom. The van der Waals surface area contributed by atoms with Gasteiger partial charge in [0.1, 0.15) is 24.2 Å². The number of rotatable bonds is 8. The quantitative estimate of drug-likeness (QED) is 0.170. The zero-order valence-electron chi connectivity index (χ0n) is 15.8. The first-order chi connectivity index (χ1) is 12.8. The molecule has 1 amide bonds. The summed E-state index contributed by atoms with van der Waals surface area (Å²) in [7, 11) is 0. The smallest absolute Gasteiger partial charge is 0.434 e. The molecule has 1 heterocycles. The van der Waals surface area contributed by atoms with Crippen LogP contribution in [-0.4, -0.2) is 40.5 Å². The van der Waals surface area contributed by atoms with Gasteiger partial charge in [-0.2, -0.15) is 13.2 Å². The molecular formula is C16H22F3N3O5S. The van der Waals surface area contributed by atoms with E-state index in [4.69, 9.17) is 10.6 Å². The van der Waals surface area contributed by atoms with Crippen molar-refractivity contribution < 1.29 is 37.0 Å². The highest BCUT2D eigenvalue weighted by Gasteiger charge is 2.42. The molecule has 2 N–H and O–H groups in total. The maximum atomic E-state index is 13.2. The normalized spacial score (nSPS) is 14.1. The topological polar surface area (TPSA) is 112 Å². The molecule has 0 bridgehead atoms. The predicted molar refractivity (Wildman–Crippen MR) is 92.5 cm³/mol. The van der Waals surface area contributed by atoms with Crippen LogP contribution >= 0.6 is 11.3 Å². The maximum Gasteiger partial charge on any atom is 0.434 e. The van der Waals surface area contributed by atoms with E-state index in [1.807, 2.05) is 0 Å². The van der Waals surface area contributed by atoms with Gasteiger partial charge in [-0.05, 0) is 27.2 Å². The molecule has 0 spiro atoms. The lowest BCUT2D eigenvalue weighted by Gasteiger charge is -2.30. The average Bonchev–Trinajstić information content (AvgIpc) is 3.03. The van der Waals surface area contributed by atoms with Crippen LogP contribution in [0.5, 0.6) is 0 Å². The fraction of sp³-hybridized carbons (Fsp3) is 0.625. The van der Waals surface area contributed by atoms with Gasteiger partial charge in [0.2, 0.25) is 0 Å². The van der Waals surface area contributed by atoms with Crippen molar-refractivity contribution >= 4 is 29.7 Å². The Hall–Kier alpha value is -2.21. The summed E-state index contributed by atoms with van der Waals surface area (Å²) in [6, 6.07) is -1.47. The Bertz CT molecular complexity index is 702. The van der Waals surface area contributed by atoms with Gasteiger partial charge in [0, 0.05) is 0 Å². The van der Waals surface area contributed by atoms with Crippen molar-refractivity contribution in [1.29, 1.82) is 0 Å². The number of ether oxygens (including phenoxy) is 2. The number of carbonyl (C=O) groups excluding carboxylic acids is 3. The first-order valence-electron chi connectivity index (χ1n) is 8.19. The highest BCUT2D eigenvalue weighted by molar-refractivity contribution is 7.09. The largest absolute Gasteiger partial charge is 0.465 e. The standard InChI is InChI=1S/C16H22F3N3O5S/c1-5-9(14(25)27-15(2,3)4)13(24)22(20)10(6-26-8-23)11-12(16(17,18)19)21-7-28-11/h7-10H,5-6,20H2,1-4H3. The second-order valence-corrected chi connectivity index (χ2v) is 7.63. The van der Waals surface area contributed by atoms with Gasteiger partial charge < -0.3 is 9.47 Å². The highest BCUT2D eigenvalue weighted by Crippen LogP contribution is 2.37. The van der Waals surface area contributed by atoms with Crippen molar-refractivity contribution in [3.05, 3.63) is 16.1 Å². The summed E-state index contributed by atoms with van der Waals surface area (Å²) in [5.74, 6) is 2.63. The minimum Gasteiger partial charge on any atom is -0.465 e. The first kappa shape index (κ1) is 23.8. The molecule has 1 aromatic rings. The summed E-state index contributed by atoms with van der Waals surface area (Å²) in [5, 5.41) is 0.463. The number of halogens is 3. The number of alkyl halides is 3. The van der Waals surface area contributed by atoms with E-state index in [9.17, 15) is 27.6 Å². The molecule has 0 saturated carbocycles. The zero-order chi connectivity index (χ0) is 21.7. The molecule has 0 aliphatic carbocycles. The van der Waals surface area contributed by atoms with Crippen molar-refractivity contribution in [2.45, 2.75) is 51.9 Å². The molecule has 1 aromatic heterocycles. The third-order valence-electron chi connectivity index (χ3n) is 3.48. The Kier molecular flexibility index (Phi) is 7.94. The summed E-state index contributed by atoms with van der Waals surface area (Å²) in [6.07, 6.45) is -4.79. The number of amides is 1. The molecule has 0 aliphatic rings. The third-order valence-corrected chi connectivity index (χ3v) is 4.41. The van der Waals surface area contributed by atoms with E-state index in [0.717, 1.165) is 5.51 Å². The summed E-state index contributed by atoms with van der Waals surface area (Å²) in [5.41, 5.74) is -1.17. The fourth-order valence-corrected chi connectivity index (χ4v) is 3.16. The molecule has 2 atom stereocenters. The first-order valence-corrected chi connectivity index (χ1v) is 9.07. The number of nitrogens with two attached hydrogens (primary N) is 1. The molecule has 2 unspecified atom stereocenters. The van der Waals surface area contributed by atoms with Gasteiger partial charge in [0.15, 0.2) is 5.69 Å². The lowest BCUT2D eigenvalue weighted by Crippen LogP contribution is -2.48. The van der Waals surface area contributed by atoms with Crippen LogP contribution in [0.1, 0.15) is 50.7 Å². The lowest BCUT2D eigenvalue weighted by molar-refractivity contribution is -0.167. The van der Waals surface area contributed by atoms with Crippen LogP contribution in [0.3, 0.4) is 0 Å². The van der Waals surface area contributed by atoms with Crippen LogP contribution in [0.2, 0.25) is 0 Å². The number of thiazole rings is 1. The second-order valence-electron chi connectivity index (χ2n) is 6.75. The minimum atomic E-state index is -4.80. The summed E-state index contributed by atoms with van der Waals surface area (Å²) >= 11 is 0.601. The number of hydrogen-bond donors (Lipinski definition) is 1. The van der Waals surface area contributed by atoms with Crippen molar-refractivity contribution in [3.63, 3.8) is 0 Å². The van der Waals surface area contributed by atoms with Crippen molar-refractivity contribution in [1.82, 2.24) is 9.99 Å². The van der Waals surface area contributed by atoms with Gasteiger partial charge >= 0.3 is 12.1 Å². The Balaban J connectivity index is 3.21. The molecule has 8 nitrogen and oxygen atoms in total. The summed E-state index contributed by atoms with van der Waals surface area (Å²) in [6.45, 7) is 5.74. The highest BCUT2D eigenvalue weighted by atomic mass is 32.1. The number of aromatic nitrogens is 1. The van der Waals surface area contributed by atoms with E-state index in [1.54, 1.807) is 20.8 Å². The van der Waals surface area contributed by atoms with Gasteiger partial charge in [-0.15, -0.1) is 11.3 Å². The monoisotopic (exact) mass is 425 g/mol. The van der Waals surface area contributed by atoms with Gasteiger partial charge in [0.05, 0.1) is 10.4 Å². The second kappa shape index (κ2) is 9.32. The number of hydrazine groups is 1. The average molecular weight is 425 g/mol. The molecule has 0 saturated heterocycles. The van der Waals surface area contributed by atoms with Crippen LogP contribution in [-0.2, 0) is 30.0 Å². The van der Waals surface area contributed by atoms with Crippen LogP contribution in [0.25, 0.3) is 0 Å². The van der Waals surface area contributed by atoms with Crippen molar-refractivity contribution in [2.75, 3.05) is 6.61 Å². The summed E-state index contributed by atoms with van der Waals surface area (Å²) in [4.78, 5) is 38.4. The zero-order valence-corrected chi connectivity index (χ0v) is 16.6. The molecule has 12 heteroatoms. The lowest BCUT2D eigenvalue weighted by atomic mass is 10.0. The van der Waals surface area contributed by atoms with Gasteiger partial charge in [-0.1, -0.05) is 6.92 Å². The van der Waals surface area contributed by atoms with E-state index in [0.29, 0.717) is 16.3 Å². The number of nitrogens with zero attached hydrogens (tertiary/aromatic N) is 2.